The second kappa shape index (κ2) is 8.42. The zero-order valence-electron chi connectivity index (χ0n) is 16.8. The molecule has 0 aliphatic carbocycles. The predicted molar refractivity (Wildman–Crippen MR) is 125 cm³/mol. The van der Waals surface area contributed by atoms with Crippen molar-refractivity contribution in [1.82, 2.24) is 4.98 Å². The highest BCUT2D eigenvalue weighted by Crippen LogP contribution is 2.39. The minimum absolute atomic E-state index is 0.315. The van der Waals surface area contributed by atoms with E-state index >= 15 is 0 Å². The Hall–Kier alpha value is -2.96. The van der Waals surface area contributed by atoms with Crippen LogP contribution in [0.25, 0.3) is 21.7 Å². The lowest BCUT2D eigenvalue weighted by molar-refractivity contribution is 0.602. The third kappa shape index (κ3) is 4.61. The maximum Gasteiger partial charge on any atom is 0.184 e. The molecule has 6 heteroatoms. The molecule has 4 aromatic rings. The van der Waals surface area contributed by atoms with Gasteiger partial charge in [0.15, 0.2) is 15.0 Å². The molecule has 0 saturated carbocycles. The van der Waals surface area contributed by atoms with Crippen LogP contribution in [0.3, 0.4) is 0 Å². The van der Waals surface area contributed by atoms with Crippen LogP contribution in [-0.4, -0.2) is 19.7 Å². The van der Waals surface area contributed by atoms with Crippen LogP contribution in [0.1, 0.15) is 11.1 Å². The largest absolute Gasteiger partial charge is 0.357 e. The van der Waals surface area contributed by atoms with Gasteiger partial charge in [0.1, 0.15) is 0 Å². The van der Waals surface area contributed by atoms with E-state index in [0.29, 0.717) is 11.4 Å². The average Bonchev–Trinajstić information content (AvgIpc) is 3.17. The zero-order valence-corrected chi connectivity index (χ0v) is 18.4. The molecular formula is C24H22N2O2S2. The molecule has 0 saturated heterocycles. The molecule has 3 aromatic carbocycles. The van der Waals surface area contributed by atoms with Crippen molar-refractivity contribution in [1.29, 1.82) is 0 Å². The number of aromatic nitrogens is 1. The van der Waals surface area contributed by atoms with Crippen molar-refractivity contribution in [3.63, 3.8) is 0 Å². The average molecular weight is 435 g/mol. The molecule has 0 radical (unpaired) electrons. The first kappa shape index (κ1) is 20.3. The number of sulfone groups is 1. The molecular weight excluding hydrogens is 412 g/mol. The van der Waals surface area contributed by atoms with Gasteiger partial charge in [0.25, 0.3) is 0 Å². The van der Waals surface area contributed by atoms with Gasteiger partial charge >= 0.3 is 0 Å². The normalized spacial score (nSPS) is 11.4. The first-order chi connectivity index (χ1) is 14.4. The fraction of sp³-hybridized carbons (Fsp3) is 0.125. The van der Waals surface area contributed by atoms with Crippen molar-refractivity contribution >= 4 is 26.3 Å². The fourth-order valence-corrected chi connectivity index (χ4v) is 4.74. The number of nitrogens with one attached hydrogen (secondary N) is 1. The van der Waals surface area contributed by atoms with Crippen molar-refractivity contribution in [2.24, 2.45) is 0 Å². The summed E-state index contributed by atoms with van der Waals surface area (Å²) in [6.45, 7) is 2.75. The summed E-state index contributed by atoms with van der Waals surface area (Å²) in [6.07, 6.45) is 1.22. The molecule has 0 aliphatic heterocycles. The summed E-state index contributed by atoms with van der Waals surface area (Å²) < 4.78 is 23.6. The van der Waals surface area contributed by atoms with Gasteiger partial charge < -0.3 is 5.32 Å². The summed E-state index contributed by atoms with van der Waals surface area (Å²) in [7, 11) is -3.23. The molecule has 0 atom stereocenters. The number of hydrogen-bond donors (Lipinski definition) is 1. The molecule has 1 heterocycles. The SMILES string of the molecule is Cc1ccc(-c2nc(NCc3ccccc3)sc2-c2ccc(S(C)(=O)=O)cc2)cc1. The lowest BCUT2D eigenvalue weighted by atomic mass is 10.1. The van der Waals surface area contributed by atoms with Crippen LogP contribution in [0.4, 0.5) is 5.13 Å². The Bertz CT molecular complexity index is 1250. The highest BCUT2D eigenvalue weighted by molar-refractivity contribution is 7.90. The van der Waals surface area contributed by atoms with Gasteiger partial charge in [-0.1, -0.05) is 83.6 Å². The highest BCUT2D eigenvalue weighted by atomic mass is 32.2. The van der Waals surface area contributed by atoms with Gasteiger partial charge in [-0.25, -0.2) is 13.4 Å². The molecule has 1 N–H and O–H groups in total. The minimum Gasteiger partial charge on any atom is -0.357 e. The molecule has 0 spiro atoms. The Morgan fingerprint density at radius 2 is 1.50 bits per heavy atom. The second-order valence-electron chi connectivity index (χ2n) is 7.20. The van der Waals surface area contributed by atoms with Crippen molar-refractivity contribution < 1.29 is 8.42 Å². The van der Waals surface area contributed by atoms with Crippen molar-refractivity contribution in [3.8, 4) is 21.7 Å². The topological polar surface area (TPSA) is 59.1 Å². The van der Waals surface area contributed by atoms with Crippen LogP contribution < -0.4 is 5.32 Å². The number of benzene rings is 3. The van der Waals surface area contributed by atoms with Gasteiger partial charge in [0.2, 0.25) is 0 Å². The minimum atomic E-state index is -3.23. The van der Waals surface area contributed by atoms with Crippen molar-refractivity contribution in [2.45, 2.75) is 18.4 Å². The summed E-state index contributed by atoms with van der Waals surface area (Å²) >= 11 is 1.57. The Morgan fingerprint density at radius 3 is 2.13 bits per heavy atom. The van der Waals surface area contributed by atoms with Crippen LogP contribution in [0.5, 0.6) is 0 Å². The smallest absolute Gasteiger partial charge is 0.184 e. The molecule has 4 rings (SSSR count). The van der Waals surface area contributed by atoms with Crippen LogP contribution in [-0.2, 0) is 16.4 Å². The van der Waals surface area contributed by atoms with E-state index in [0.717, 1.165) is 26.8 Å². The summed E-state index contributed by atoms with van der Waals surface area (Å²) in [5, 5.41) is 4.25. The Labute approximate surface area is 181 Å². The number of hydrogen-bond acceptors (Lipinski definition) is 5. The first-order valence-electron chi connectivity index (χ1n) is 9.56. The number of nitrogens with zero attached hydrogens (tertiary/aromatic N) is 1. The van der Waals surface area contributed by atoms with Crippen molar-refractivity contribution in [3.05, 3.63) is 90.0 Å². The molecule has 4 nitrogen and oxygen atoms in total. The summed E-state index contributed by atoms with van der Waals surface area (Å²) in [5.74, 6) is 0. The van der Waals surface area contributed by atoms with Crippen LogP contribution in [0, 0.1) is 6.92 Å². The van der Waals surface area contributed by atoms with Gasteiger partial charge in [-0.05, 0) is 30.2 Å². The van der Waals surface area contributed by atoms with E-state index in [9.17, 15) is 8.42 Å². The zero-order chi connectivity index (χ0) is 21.1. The summed E-state index contributed by atoms with van der Waals surface area (Å²) in [6, 6.07) is 25.5. The third-order valence-electron chi connectivity index (χ3n) is 4.78. The Kier molecular flexibility index (Phi) is 5.70. The van der Waals surface area contributed by atoms with Crippen LogP contribution in [0.15, 0.2) is 83.8 Å². The maximum atomic E-state index is 11.8. The van der Waals surface area contributed by atoms with E-state index in [2.05, 4.69) is 48.6 Å². The Morgan fingerprint density at radius 1 is 0.867 bits per heavy atom. The van der Waals surface area contributed by atoms with E-state index in [1.807, 2.05) is 30.3 Å². The van der Waals surface area contributed by atoms with Crippen molar-refractivity contribution in [2.75, 3.05) is 11.6 Å². The van der Waals surface area contributed by atoms with E-state index in [1.165, 1.54) is 17.4 Å². The van der Waals surface area contributed by atoms with Gasteiger partial charge in [0.05, 0.1) is 15.5 Å². The molecule has 0 fully saturated rings. The van der Waals surface area contributed by atoms with Crippen LogP contribution in [0.2, 0.25) is 0 Å². The first-order valence-corrected chi connectivity index (χ1v) is 12.3. The highest BCUT2D eigenvalue weighted by Gasteiger charge is 2.16. The van der Waals surface area contributed by atoms with E-state index < -0.39 is 9.84 Å². The predicted octanol–water partition coefficient (Wildman–Crippen LogP) is 5.80. The molecule has 152 valence electrons. The van der Waals surface area contributed by atoms with E-state index in [1.54, 1.807) is 23.5 Å². The molecule has 0 aliphatic rings. The number of rotatable bonds is 6. The van der Waals surface area contributed by atoms with Crippen LogP contribution >= 0.6 is 11.3 Å². The summed E-state index contributed by atoms with van der Waals surface area (Å²) in [5.41, 5.74) is 5.25. The molecule has 1 aromatic heterocycles. The van der Waals surface area contributed by atoms with Gasteiger partial charge in [-0.3, -0.25) is 0 Å². The third-order valence-corrected chi connectivity index (χ3v) is 6.97. The lowest BCUT2D eigenvalue weighted by Gasteiger charge is -2.05. The molecule has 0 unspecified atom stereocenters. The molecule has 0 amide bonds. The monoisotopic (exact) mass is 434 g/mol. The number of anilines is 1. The fourth-order valence-electron chi connectivity index (χ4n) is 3.13. The second-order valence-corrected chi connectivity index (χ2v) is 10.2. The Balaban J connectivity index is 1.71. The standard InChI is InChI=1S/C24H22N2O2S2/c1-17-8-10-19(11-9-17)22-23(20-12-14-21(15-13-20)30(2,27)28)29-24(26-22)25-16-18-6-4-3-5-7-18/h3-15H,16H2,1-2H3,(H,25,26). The molecule has 0 bridgehead atoms. The van der Waals surface area contributed by atoms with Gasteiger partial charge in [-0.2, -0.15) is 0 Å². The van der Waals surface area contributed by atoms with E-state index in [-0.39, 0.29) is 0 Å². The van der Waals surface area contributed by atoms with Gasteiger partial charge in [0, 0.05) is 18.4 Å². The quantitative estimate of drug-likeness (QED) is 0.417. The maximum absolute atomic E-state index is 11.8. The lowest BCUT2D eigenvalue weighted by Crippen LogP contribution is -1.98. The number of thiazole rings is 1. The number of aryl methyl sites for hydroxylation is 1. The summed E-state index contributed by atoms with van der Waals surface area (Å²) in [4.78, 5) is 6.19. The van der Waals surface area contributed by atoms with E-state index in [4.69, 9.17) is 4.98 Å². The van der Waals surface area contributed by atoms with Gasteiger partial charge in [-0.15, -0.1) is 0 Å². The molecule has 30 heavy (non-hydrogen) atoms.